The molecule has 0 spiro atoms. The lowest BCUT2D eigenvalue weighted by Gasteiger charge is -2.13. The van der Waals surface area contributed by atoms with Crippen LogP contribution in [0.5, 0.6) is 0 Å². The molecule has 0 radical (unpaired) electrons. The molecular formula is C5H8N2O. The maximum atomic E-state index is 10.4. The van der Waals surface area contributed by atoms with Gasteiger partial charge in [-0.1, -0.05) is 0 Å². The Balaban J connectivity index is 2.54. The van der Waals surface area contributed by atoms with Crippen LogP contribution in [0.1, 0.15) is 6.92 Å². The fourth-order valence-electron chi connectivity index (χ4n) is 0.565. The summed E-state index contributed by atoms with van der Waals surface area (Å²) in [4.78, 5) is 10.4. The van der Waals surface area contributed by atoms with Gasteiger partial charge in [0.2, 0.25) is 0 Å². The SMILES string of the molecule is C[C@H]1C=CNC(=O)N1. The van der Waals surface area contributed by atoms with E-state index in [1.54, 1.807) is 6.20 Å². The summed E-state index contributed by atoms with van der Waals surface area (Å²) in [7, 11) is 0. The number of hydrogen-bond donors (Lipinski definition) is 2. The Morgan fingerprint density at radius 1 is 1.75 bits per heavy atom. The molecule has 0 aliphatic carbocycles. The van der Waals surface area contributed by atoms with Gasteiger partial charge < -0.3 is 10.6 Å². The van der Waals surface area contributed by atoms with Crippen molar-refractivity contribution in [2.45, 2.75) is 13.0 Å². The third-order valence-corrected chi connectivity index (χ3v) is 0.958. The lowest BCUT2D eigenvalue weighted by Crippen LogP contribution is -2.41. The lowest BCUT2D eigenvalue weighted by molar-refractivity contribution is 0.241. The average Bonchev–Trinajstić information content (AvgIpc) is 1.64. The number of amides is 2. The highest BCUT2D eigenvalue weighted by Crippen LogP contribution is 1.87. The topological polar surface area (TPSA) is 41.1 Å². The Kier molecular flexibility index (Phi) is 1.20. The smallest absolute Gasteiger partial charge is 0.319 e. The second-order valence-electron chi connectivity index (χ2n) is 1.77. The molecule has 2 N–H and O–H groups in total. The van der Waals surface area contributed by atoms with Crippen molar-refractivity contribution in [3.63, 3.8) is 0 Å². The zero-order valence-electron chi connectivity index (χ0n) is 4.64. The van der Waals surface area contributed by atoms with Crippen LogP contribution >= 0.6 is 0 Å². The van der Waals surface area contributed by atoms with Crippen LogP contribution in [0.3, 0.4) is 0 Å². The molecule has 1 heterocycles. The molecule has 2 amide bonds. The van der Waals surface area contributed by atoms with E-state index in [2.05, 4.69) is 10.6 Å². The van der Waals surface area contributed by atoms with Gasteiger partial charge in [-0.3, -0.25) is 0 Å². The van der Waals surface area contributed by atoms with Crippen molar-refractivity contribution < 1.29 is 4.79 Å². The van der Waals surface area contributed by atoms with E-state index in [4.69, 9.17) is 0 Å². The predicted molar refractivity (Wildman–Crippen MR) is 30.3 cm³/mol. The van der Waals surface area contributed by atoms with Crippen molar-refractivity contribution in [3.8, 4) is 0 Å². The summed E-state index contributed by atoms with van der Waals surface area (Å²) in [6, 6.07) is 0.0451. The molecule has 8 heavy (non-hydrogen) atoms. The minimum absolute atomic E-state index is 0.125. The molecule has 1 aliphatic rings. The molecule has 3 heteroatoms. The quantitative estimate of drug-likeness (QED) is 0.462. The maximum Gasteiger partial charge on any atom is 0.319 e. The van der Waals surface area contributed by atoms with E-state index in [-0.39, 0.29) is 12.1 Å². The molecule has 0 aromatic heterocycles. The molecule has 0 bridgehead atoms. The number of carbonyl (C=O) groups is 1. The molecule has 1 atom stereocenters. The number of urea groups is 1. The second-order valence-corrected chi connectivity index (χ2v) is 1.77. The van der Waals surface area contributed by atoms with Crippen LogP contribution in [0.4, 0.5) is 4.79 Å². The molecule has 0 saturated carbocycles. The van der Waals surface area contributed by atoms with E-state index < -0.39 is 0 Å². The van der Waals surface area contributed by atoms with Gasteiger partial charge in [0, 0.05) is 12.2 Å². The molecule has 0 fully saturated rings. The summed E-state index contributed by atoms with van der Waals surface area (Å²) in [6.45, 7) is 1.91. The fourth-order valence-corrected chi connectivity index (χ4v) is 0.565. The van der Waals surface area contributed by atoms with Gasteiger partial charge in [0.05, 0.1) is 0 Å². The van der Waals surface area contributed by atoms with E-state index in [9.17, 15) is 4.79 Å². The fraction of sp³-hybridized carbons (Fsp3) is 0.400. The second kappa shape index (κ2) is 1.86. The minimum Gasteiger partial charge on any atom is -0.332 e. The largest absolute Gasteiger partial charge is 0.332 e. The van der Waals surface area contributed by atoms with Gasteiger partial charge in [0.25, 0.3) is 0 Å². The van der Waals surface area contributed by atoms with Crippen LogP contribution in [0, 0.1) is 0 Å². The van der Waals surface area contributed by atoms with Crippen molar-refractivity contribution in [1.82, 2.24) is 10.6 Å². The van der Waals surface area contributed by atoms with Crippen LogP contribution < -0.4 is 10.6 Å². The predicted octanol–water partition coefficient (Wildman–Crippen LogP) is 0.201. The molecule has 1 aliphatic heterocycles. The highest BCUT2D eigenvalue weighted by atomic mass is 16.2. The first-order chi connectivity index (χ1) is 3.79. The van der Waals surface area contributed by atoms with Gasteiger partial charge in [0.15, 0.2) is 0 Å². The van der Waals surface area contributed by atoms with Crippen LogP contribution in [-0.4, -0.2) is 12.1 Å². The first-order valence-electron chi connectivity index (χ1n) is 2.53. The van der Waals surface area contributed by atoms with Crippen molar-refractivity contribution in [2.75, 3.05) is 0 Å². The highest BCUT2D eigenvalue weighted by Gasteiger charge is 2.04. The molecule has 44 valence electrons. The average molecular weight is 112 g/mol. The lowest BCUT2D eigenvalue weighted by atomic mass is 10.3. The van der Waals surface area contributed by atoms with E-state index in [1.165, 1.54) is 0 Å². The van der Waals surface area contributed by atoms with E-state index >= 15 is 0 Å². The zero-order chi connectivity index (χ0) is 5.98. The number of hydrogen-bond acceptors (Lipinski definition) is 1. The van der Waals surface area contributed by atoms with Gasteiger partial charge in [0.1, 0.15) is 0 Å². The van der Waals surface area contributed by atoms with E-state index in [1.807, 2.05) is 13.0 Å². The molecule has 0 aromatic rings. The highest BCUT2D eigenvalue weighted by molar-refractivity contribution is 5.76. The van der Waals surface area contributed by atoms with Crippen molar-refractivity contribution in [2.24, 2.45) is 0 Å². The Labute approximate surface area is 47.8 Å². The molecular weight excluding hydrogens is 104 g/mol. The number of carbonyl (C=O) groups excluding carboxylic acids is 1. The van der Waals surface area contributed by atoms with Crippen LogP contribution in [0.25, 0.3) is 0 Å². The Hall–Kier alpha value is -0.990. The number of nitrogens with one attached hydrogen (secondary N) is 2. The summed E-state index contributed by atoms with van der Waals surface area (Å²) in [5, 5.41) is 5.12. The van der Waals surface area contributed by atoms with E-state index in [0.29, 0.717) is 0 Å². The molecule has 3 nitrogen and oxygen atoms in total. The Morgan fingerprint density at radius 3 is 2.88 bits per heavy atom. The molecule has 0 unspecified atom stereocenters. The maximum absolute atomic E-state index is 10.4. The number of rotatable bonds is 0. The Morgan fingerprint density at radius 2 is 2.50 bits per heavy atom. The van der Waals surface area contributed by atoms with Crippen LogP contribution in [0.15, 0.2) is 12.3 Å². The zero-order valence-corrected chi connectivity index (χ0v) is 4.64. The van der Waals surface area contributed by atoms with Crippen LogP contribution in [-0.2, 0) is 0 Å². The summed E-state index contributed by atoms with van der Waals surface area (Å²) in [5.41, 5.74) is 0. The van der Waals surface area contributed by atoms with Crippen molar-refractivity contribution >= 4 is 6.03 Å². The van der Waals surface area contributed by atoms with Crippen LogP contribution in [0.2, 0.25) is 0 Å². The standard InChI is InChI=1S/C5H8N2O/c1-4-2-3-6-5(8)7-4/h2-4H,1H3,(H2,6,7,8)/t4-/m0/s1. The molecule has 0 aromatic carbocycles. The monoisotopic (exact) mass is 112 g/mol. The van der Waals surface area contributed by atoms with Gasteiger partial charge >= 0.3 is 6.03 Å². The van der Waals surface area contributed by atoms with Gasteiger partial charge in [-0.25, -0.2) is 4.79 Å². The summed E-state index contributed by atoms with van der Waals surface area (Å²) in [6.07, 6.45) is 3.52. The normalized spacial score (nSPS) is 26.6. The summed E-state index contributed by atoms with van der Waals surface area (Å²) < 4.78 is 0. The third-order valence-electron chi connectivity index (χ3n) is 0.958. The molecule has 1 rings (SSSR count). The van der Waals surface area contributed by atoms with Crippen molar-refractivity contribution in [3.05, 3.63) is 12.3 Å². The summed E-state index contributed by atoms with van der Waals surface area (Å²) in [5.74, 6) is 0. The first kappa shape index (κ1) is 5.15. The van der Waals surface area contributed by atoms with Gasteiger partial charge in [-0.2, -0.15) is 0 Å². The Bertz CT molecular complexity index is 130. The van der Waals surface area contributed by atoms with Crippen molar-refractivity contribution in [1.29, 1.82) is 0 Å². The van der Waals surface area contributed by atoms with Gasteiger partial charge in [-0.05, 0) is 13.0 Å². The first-order valence-corrected chi connectivity index (χ1v) is 2.53. The summed E-state index contributed by atoms with van der Waals surface area (Å²) >= 11 is 0. The van der Waals surface area contributed by atoms with Gasteiger partial charge in [-0.15, -0.1) is 0 Å². The van der Waals surface area contributed by atoms with E-state index in [0.717, 1.165) is 0 Å². The molecule has 0 saturated heterocycles. The third kappa shape index (κ3) is 0.992. The minimum atomic E-state index is -0.125.